The summed E-state index contributed by atoms with van der Waals surface area (Å²) in [5, 5.41) is 18.7. The number of nitrogen functional groups attached to an aromatic ring is 1. The number of hydrogen-bond donors (Lipinski definition) is 4. The molecule has 0 radical (unpaired) electrons. The predicted molar refractivity (Wildman–Crippen MR) is 63.8 cm³/mol. The molecule has 1 aromatic carbocycles. The van der Waals surface area contributed by atoms with Gasteiger partial charge < -0.3 is 16.2 Å². The van der Waals surface area contributed by atoms with E-state index in [2.05, 4.69) is 15.5 Å². The molecule has 0 aliphatic heterocycles. The average molecular weight is 232 g/mol. The van der Waals surface area contributed by atoms with Crippen LogP contribution in [0.5, 0.6) is 5.75 Å². The largest absolute Gasteiger partial charge is 0.505 e. The third kappa shape index (κ3) is 2.05. The number of rotatable bonds is 2. The topological polar surface area (TPSA) is 104 Å². The summed E-state index contributed by atoms with van der Waals surface area (Å²) in [6.07, 6.45) is 1.59. The van der Waals surface area contributed by atoms with Gasteiger partial charge in [-0.2, -0.15) is 5.10 Å². The Morgan fingerprint density at radius 2 is 2.29 bits per heavy atom. The Balaban J connectivity index is 2.27. The normalized spacial score (nSPS) is 10.2. The van der Waals surface area contributed by atoms with Crippen molar-refractivity contribution < 1.29 is 9.90 Å². The number of anilines is 2. The fraction of sp³-hybridized carbons (Fsp3) is 0.0909. The van der Waals surface area contributed by atoms with E-state index in [1.54, 1.807) is 19.2 Å². The molecule has 1 heterocycles. The van der Waals surface area contributed by atoms with Gasteiger partial charge >= 0.3 is 0 Å². The van der Waals surface area contributed by atoms with Gasteiger partial charge in [-0.3, -0.25) is 9.89 Å². The third-order valence-electron chi connectivity index (χ3n) is 2.38. The Bertz CT molecular complexity index is 562. The monoisotopic (exact) mass is 232 g/mol. The molecule has 0 aliphatic rings. The summed E-state index contributed by atoms with van der Waals surface area (Å²) in [5.41, 5.74) is 6.61. The highest BCUT2D eigenvalue weighted by molar-refractivity contribution is 6.06. The number of aromatic amines is 1. The van der Waals surface area contributed by atoms with Crippen LogP contribution in [0.4, 0.5) is 11.5 Å². The number of carbonyl (C=O) groups is 1. The summed E-state index contributed by atoms with van der Waals surface area (Å²) >= 11 is 0. The van der Waals surface area contributed by atoms with Crippen molar-refractivity contribution in [2.24, 2.45) is 0 Å². The first-order chi connectivity index (χ1) is 8.09. The van der Waals surface area contributed by atoms with Crippen LogP contribution in [0.3, 0.4) is 0 Å². The SMILES string of the molecule is Cc1cn[nH]c1NC(=O)c1cccc(N)c1O. The fourth-order valence-corrected chi connectivity index (χ4v) is 1.40. The molecule has 0 aliphatic carbocycles. The summed E-state index contributed by atoms with van der Waals surface area (Å²) in [5.74, 6) is -0.166. The molecule has 1 amide bonds. The lowest BCUT2D eigenvalue weighted by Gasteiger charge is -2.07. The third-order valence-corrected chi connectivity index (χ3v) is 2.38. The van der Waals surface area contributed by atoms with Crippen molar-refractivity contribution in [3.63, 3.8) is 0 Å². The molecule has 0 saturated heterocycles. The molecule has 0 saturated carbocycles. The van der Waals surface area contributed by atoms with Crippen LogP contribution in [0, 0.1) is 6.92 Å². The van der Waals surface area contributed by atoms with Crippen molar-refractivity contribution in [3.8, 4) is 5.75 Å². The van der Waals surface area contributed by atoms with Crippen LogP contribution in [-0.4, -0.2) is 21.2 Å². The predicted octanol–water partition coefficient (Wildman–Crippen LogP) is 1.26. The van der Waals surface area contributed by atoms with Crippen LogP contribution in [0.25, 0.3) is 0 Å². The van der Waals surface area contributed by atoms with Gasteiger partial charge in [0.05, 0.1) is 17.4 Å². The number of phenols is 1. The summed E-state index contributed by atoms with van der Waals surface area (Å²) in [6, 6.07) is 4.62. The van der Waals surface area contributed by atoms with E-state index in [1.807, 2.05) is 0 Å². The van der Waals surface area contributed by atoms with Crippen molar-refractivity contribution in [2.75, 3.05) is 11.1 Å². The zero-order chi connectivity index (χ0) is 12.4. The maximum absolute atomic E-state index is 11.9. The zero-order valence-corrected chi connectivity index (χ0v) is 9.19. The Morgan fingerprint density at radius 3 is 2.94 bits per heavy atom. The lowest BCUT2D eigenvalue weighted by molar-refractivity contribution is 0.102. The molecule has 0 unspecified atom stereocenters. The quantitative estimate of drug-likeness (QED) is 0.462. The molecular weight excluding hydrogens is 220 g/mol. The second-order valence-electron chi connectivity index (χ2n) is 3.63. The molecule has 5 N–H and O–H groups in total. The highest BCUT2D eigenvalue weighted by Gasteiger charge is 2.14. The number of hydrogen-bond acceptors (Lipinski definition) is 4. The molecule has 6 nitrogen and oxygen atoms in total. The van der Waals surface area contributed by atoms with Gasteiger partial charge in [0.2, 0.25) is 0 Å². The number of aromatic hydroxyl groups is 1. The van der Waals surface area contributed by atoms with Crippen LogP contribution < -0.4 is 11.1 Å². The number of phenolic OH excluding ortho intramolecular Hbond substituents is 1. The van der Waals surface area contributed by atoms with Crippen LogP contribution >= 0.6 is 0 Å². The number of carbonyl (C=O) groups excluding carboxylic acids is 1. The van der Waals surface area contributed by atoms with Gasteiger partial charge in [0.25, 0.3) is 5.91 Å². The molecular formula is C11H12N4O2. The van der Waals surface area contributed by atoms with Crippen molar-refractivity contribution in [1.82, 2.24) is 10.2 Å². The van der Waals surface area contributed by atoms with Gasteiger partial charge in [0.1, 0.15) is 5.82 Å². The minimum Gasteiger partial charge on any atom is -0.505 e. The van der Waals surface area contributed by atoms with Crippen molar-refractivity contribution >= 4 is 17.4 Å². The molecule has 17 heavy (non-hydrogen) atoms. The van der Waals surface area contributed by atoms with Gasteiger partial charge in [-0.1, -0.05) is 6.07 Å². The summed E-state index contributed by atoms with van der Waals surface area (Å²) in [4.78, 5) is 11.9. The number of amides is 1. The number of nitrogens with one attached hydrogen (secondary N) is 2. The number of nitrogens with two attached hydrogens (primary N) is 1. The number of H-pyrrole nitrogens is 1. The molecule has 0 fully saturated rings. The molecule has 88 valence electrons. The second kappa shape index (κ2) is 4.17. The lowest BCUT2D eigenvalue weighted by Crippen LogP contribution is -2.13. The lowest BCUT2D eigenvalue weighted by atomic mass is 10.1. The molecule has 2 aromatic rings. The number of nitrogens with zero attached hydrogens (tertiary/aromatic N) is 1. The van der Waals surface area contributed by atoms with E-state index in [-0.39, 0.29) is 17.0 Å². The van der Waals surface area contributed by atoms with Gasteiger partial charge in [-0.15, -0.1) is 0 Å². The summed E-state index contributed by atoms with van der Waals surface area (Å²) < 4.78 is 0. The Hall–Kier alpha value is -2.50. The van der Waals surface area contributed by atoms with E-state index in [0.29, 0.717) is 5.82 Å². The fourth-order valence-electron chi connectivity index (χ4n) is 1.40. The number of aryl methyl sites for hydroxylation is 1. The first-order valence-corrected chi connectivity index (χ1v) is 4.98. The minimum atomic E-state index is -0.442. The van der Waals surface area contributed by atoms with Crippen LogP contribution in [0.2, 0.25) is 0 Å². The van der Waals surface area contributed by atoms with E-state index in [4.69, 9.17) is 5.73 Å². The van der Waals surface area contributed by atoms with E-state index >= 15 is 0 Å². The number of benzene rings is 1. The van der Waals surface area contributed by atoms with Crippen molar-refractivity contribution in [3.05, 3.63) is 35.5 Å². The highest BCUT2D eigenvalue weighted by atomic mass is 16.3. The molecule has 0 spiro atoms. The highest BCUT2D eigenvalue weighted by Crippen LogP contribution is 2.25. The molecule has 6 heteroatoms. The zero-order valence-electron chi connectivity index (χ0n) is 9.19. The van der Waals surface area contributed by atoms with E-state index in [1.165, 1.54) is 12.1 Å². The van der Waals surface area contributed by atoms with Crippen LogP contribution in [0.1, 0.15) is 15.9 Å². The molecule has 0 bridgehead atoms. The number of aromatic nitrogens is 2. The van der Waals surface area contributed by atoms with Gasteiger partial charge in [-0.25, -0.2) is 0 Å². The molecule has 1 aromatic heterocycles. The minimum absolute atomic E-state index is 0.124. The summed E-state index contributed by atoms with van der Waals surface area (Å²) in [6.45, 7) is 1.80. The Kier molecular flexibility index (Phi) is 2.70. The standard InChI is InChI=1S/C11H12N4O2/c1-6-5-13-15-10(6)14-11(17)7-3-2-4-8(12)9(7)16/h2-5,16H,12H2,1H3,(H2,13,14,15,17). The van der Waals surface area contributed by atoms with E-state index in [9.17, 15) is 9.90 Å². The maximum Gasteiger partial charge on any atom is 0.260 e. The average Bonchev–Trinajstić information content (AvgIpc) is 2.68. The summed E-state index contributed by atoms with van der Waals surface area (Å²) in [7, 11) is 0. The van der Waals surface area contributed by atoms with E-state index < -0.39 is 5.91 Å². The smallest absolute Gasteiger partial charge is 0.260 e. The van der Waals surface area contributed by atoms with Gasteiger partial charge in [0.15, 0.2) is 5.75 Å². The number of para-hydroxylation sites is 1. The Labute approximate surface area is 97.5 Å². The first-order valence-electron chi connectivity index (χ1n) is 4.98. The van der Waals surface area contributed by atoms with E-state index in [0.717, 1.165) is 5.56 Å². The molecule has 2 rings (SSSR count). The van der Waals surface area contributed by atoms with Gasteiger partial charge in [0, 0.05) is 5.56 Å². The molecule has 0 atom stereocenters. The first kappa shape index (κ1) is 11.0. The van der Waals surface area contributed by atoms with Crippen LogP contribution in [-0.2, 0) is 0 Å². The van der Waals surface area contributed by atoms with Gasteiger partial charge in [-0.05, 0) is 19.1 Å². The van der Waals surface area contributed by atoms with Crippen molar-refractivity contribution in [1.29, 1.82) is 0 Å². The maximum atomic E-state index is 11.9. The van der Waals surface area contributed by atoms with Crippen molar-refractivity contribution in [2.45, 2.75) is 6.92 Å². The second-order valence-corrected chi connectivity index (χ2v) is 3.63. The Morgan fingerprint density at radius 1 is 1.53 bits per heavy atom. The van der Waals surface area contributed by atoms with Crippen LogP contribution in [0.15, 0.2) is 24.4 Å².